The van der Waals surface area contributed by atoms with Crippen molar-refractivity contribution in [3.05, 3.63) is 83.9 Å². The van der Waals surface area contributed by atoms with Crippen LogP contribution in [0.4, 0.5) is 0 Å². The van der Waals surface area contributed by atoms with E-state index in [0.29, 0.717) is 16.7 Å². The Morgan fingerprint density at radius 2 is 1.67 bits per heavy atom. The lowest BCUT2D eigenvalue weighted by atomic mass is 10.2. The zero-order valence-corrected chi connectivity index (χ0v) is 17.7. The van der Waals surface area contributed by atoms with Crippen LogP contribution in [-0.2, 0) is 5.75 Å². The Balaban J connectivity index is 1.57. The number of hydrogen-bond donors (Lipinski definition) is 0. The fourth-order valence-electron chi connectivity index (χ4n) is 3.12. The van der Waals surface area contributed by atoms with E-state index in [2.05, 4.69) is 36.2 Å². The predicted molar refractivity (Wildman–Crippen MR) is 120 cm³/mol. The van der Waals surface area contributed by atoms with Crippen molar-refractivity contribution in [3.63, 3.8) is 0 Å². The van der Waals surface area contributed by atoms with Crippen LogP contribution < -0.4 is 9.47 Å². The second-order valence-corrected chi connectivity index (χ2v) is 7.77. The molecule has 152 valence electrons. The molecule has 0 saturated heterocycles. The number of fused-ring (bicyclic) bond motifs is 1. The summed E-state index contributed by atoms with van der Waals surface area (Å²) in [5, 5.41) is 0.658. The molecule has 6 heteroatoms. The van der Waals surface area contributed by atoms with Crippen LogP contribution in [0.5, 0.6) is 11.5 Å². The van der Waals surface area contributed by atoms with Crippen molar-refractivity contribution < 1.29 is 14.3 Å². The van der Waals surface area contributed by atoms with E-state index in [-0.39, 0.29) is 12.5 Å². The fraction of sp³-hybridized carbons (Fsp3) is 0.167. The molecule has 0 aliphatic heterocycles. The van der Waals surface area contributed by atoms with Crippen molar-refractivity contribution in [1.29, 1.82) is 0 Å². The number of aryl methyl sites for hydroxylation is 1. The third kappa shape index (κ3) is 4.33. The molecule has 0 saturated carbocycles. The van der Waals surface area contributed by atoms with Crippen molar-refractivity contribution in [2.45, 2.75) is 17.8 Å². The first-order valence-electron chi connectivity index (χ1n) is 9.60. The van der Waals surface area contributed by atoms with Gasteiger partial charge in [-0.2, -0.15) is 0 Å². The lowest BCUT2D eigenvalue weighted by molar-refractivity contribution is 0.0830. The van der Waals surface area contributed by atoms with Crippen molar-refractivity contribution in [2.75, 3.05) is 13.7 Å². The van der Waals surface area contributed by atoms with Gasteiger partial charge >= 0.3 is 0 Å². The number of benzene rings is 3. The Morgan fingerprint density at radius 3 is 2.43 bits per heavy atom. The van der Waals surface area contributed by atoms with Crippen LogP contribution >= 0.6 is 11.8 Å². The van der Waals surface area contributed by atoms with Crippen LogP contribution in [0, 0.1) is 6.92 Å². The number of para-hydroxylation sites is 4. The second-order valence-electron chi connectivity index (χ2n) is 6.83. The van der Waals surface area contributed by atoms with E-state index < -0.39 is 0 Å². The standard InChI is InChI=1S/C24H22N2O3S/c1-17-11-13-18(14-12-17)16-30-24-25-19-7-3-4-8-20(19)26(24)23(27)15-29-22-10-6-5-9-21(22)28-2/h3-14H,15-16H2,1-2H3. The lowest BCUT2D eigenvalue weighted by Gasteiger charge is -2.11. The molecular formula is C24H22N2O3S. The third-order valence-electron chi connectivity index (χ3n) is 4.69. The van der Waals surface area contributed by atoms with E-state index in [9.17, 15) is 4.79 Å². The molecule has 30 heavy (non-hydrogen) atoms. The van der Waals surface area contributed by atoms with Crippen LogP contribution in [0.25, 0.3) is 11.0 Å². The van der Waals surface area contributed by atoms with Gasteiger partial charge in [-0.25, -0.2) is 4.98 Å². The molecule has 0 aliphatic rings. The molecule has 5 nitrogen and oxygen atoms in total. The number of ether oxygens (including phenoxy) is 2. The van der Waals surface area contributed by atoms with Crippen LogP contribution in [0.15, 0.2) is 78.0 Å². The normalized spacial score (nSPS) is 10.9. The Kier molecular flexibility index (Phi) is 6.05. The first-order valence-corrected chi connectivity index (χ1v) is 10.6. The van der Waals surface area contributed by atoms with E-state index in [4.69, 9.17) is 9.47 Å². The monoisotopic (exact) mass is 418 g/mol. The number of hydrogen-bond acceptors (Lipinski definition) is 5. The molecule has 1 heterocycles. The maximum Gasteiger partial charge on any atom is 0.271 e. The molecule has 0 atom stereocenters. The van der Waals surface area contributed by atoms with Crippen molar-refractivity contribution in [1.82, 2.24) is 9.55 Å². The van der Waals surface area contributed by atoms with Crippen LogP contribution in [0.3, 0.4) is 0 Å². The minimum atomic E-state index is -0.180. The highest BCUT2D eigenvalue weighted by atomic mass is 32.2. The molecule has 0 radical (unpaired) electrons. The molecule has 0 unspecified atom stereocenters. The topological polar surface area (TPSA) is 53.4 Å². The molecule has 3 aromatic carbocycles. The second kappa shape index (κ2) is 9.05. The van der Waals surface area contributed by atoms with Crippen molar-refractivity contribution >= 4 is 28.7 Å². The first-order chi connectivity index (χ1) is 14.7. The van der Waals surface area contributed by atoms with Gasteiger partial charge in [-0.05, 0) is 36.8 Å². The average Bonchev–Trinajstić information content (AvgIpc) is 3.15. The highest BCUT2D eigenvalue weighted by molar-refractivity contribution is 7.98. The summed E-state index contributed by atoms with van der Waals surface area (Å²) in [4.78, 5) is 17.8. The van der Waals surface area contributed by atoms with Crippen molar-refractivity contribution in [2.24, 2.45) is 0 Å². The molecule has 4 rings (SSSR count). The SMILES string of the molecule is COc1ccccc1OCC(=O)n1c(SCc2ccc(C)cc2)nc2ccccc21. The van der Waals surface area contributed by atoms with Gasteiger partial charge in [0.1, 0.15) is 0 Å². The Morgan fingerprint density at radius 1 is 0.967 bits per heavy atom. The molecule has 0 aliphatic carbocycles. The maximum absolute atomic E-state index is 13.1. The number of rotatable bonds is 7. The number of aromatic nitrogens is 2. The van der Waals surface area contributed by atoms with E-state index in [0.717, 1.165) is 16.8 Å². The number of carbonyl (C=O) groups is 1. The van der Waals surface area contributed by atoms with Crippen molar-refractivity contribution in [3.8, 4) is 11.5 Å². The van der Waals surface area contributed by atoms with E-state index in [1.54, 1.807) is 35.6 Å². The zero-order valence-electron chi connectivity index (χ0n) is 16.9. The van der Waals surface area contributed by atoms with Gasteiger partial charge in [0.25, 0.3) is 5.91 Å². The molecule has 4 aromatic rings. The first kappa shape index (κ1) is 20.0. The van der Waals surface area contributed by atoms with Crippen LogP contribution in [0.1, 0.15) is 15.9 Å². The molecule has 0 N–H and O–H groups in total. The largest absolute Gasteiger partial charge is 0.493 e. The Hall–Kier alpha value is -3.25. The number of imidazole rings is 1. The molecule has 0 bridgehead atoms. The summed E-state index contributed by atoms with van der Waals surface area (Å²) in [6.45, 7) is 1.95. The summed E-state index contributed by atoms with van der Waals surface area (Å²) in [7, 11) is 1.58. The van der Waals surface area contributed by atoms with Crippen LogP contribution in [0.2, 0.25) is 0 Å². The highest BCUT2D eigenvalue weighted by Gasteiger charge is 2.18. The van der Waals surface area contributed by atoms with Gasteiger partial charge in [0.15, 0.2) is 23.3 Å². The minimum Gasteiger partial charge on any atom is -0.493 e. The molecule has 0 amide bonds. The summed E-state index contributed by atoms with van der Waals surface area (Å²) in [6.07, 6.45) is 0. The van der Waals surface area contributed by atoms with Gasteiger partial charge in [-0.15, -0.1) is 0 Å². The highest BCUT2D eigenvalue weighted by Crippen LogP contribution is 2.28. The Labute approximate surface area is 179 Å². The number of nitrogens with zero attached hydrogens (tertiary/aromatic N) is 2. The third-order valence-corrected chi connectivity index (χ3v) is 5.70. The summed E-state index contributed by atoms with van der Waals surface area (Å²) >= 11 is 1.54. The maximum atomic E-state index is 13.1. The molecular weight excluding hydrogens is 396 g/mol. The summed E-state index contributed by atoms with van der Waals surface area (Å²) in [6, 6.07) is 23.3. The lowest BCUT2D eigenvalue weighted by Crippen LogP contribution is -2.20. The molecule has 0 spiro atoms. The Bertz CT molecular complexity index is 1170. The zero-order chi connectivity index (χ0) is 20.9. The van der Waals surface area contributed by atoms with Gasteiger partial charge in [0.2, 0.25) is 0 Å². The smallest absolute Gasteiger partial charge is 0.271 e. The van der Waals surface area contributed by atoms with E-state index >= 15 is 0 Å². The van der Waals surface area contributed by atoms with Gasteiger partial charge in [0.05, 0.1) is 18.1 Å². The van der Waals surface area contributed by atoms with Gasteiger partial charge < -0.3 is 9.47 Å². The fourth-order valence-corrected chi connectivity index (χ4v) is 4.10. The average molecular weight is 419 g/mol. The molecule has 0 fully saturated rings. The molecule has 1 aromatic heterocycles. The minimum absolute atomic E-state index is 0.112. The number of methoxy groups -OCH3 is 1. The summed E-state index contributed by atoms with van der Waals surface area (Å²) in [5.74, 6) is 1.67. The number of carbonyl (C=O) groups excluding carboxylic acids is 1. The van der Waals surface area contributed by atoms with Gasteiger partial charge in [-0.1, -0.05) is 65.9 Å². The quantitative estimate of drug-likeness (QED) is 0.378. The van der Waals surface area contributed by atoms with E-state index in [1.165, 1.54) is 11.1 Å². The van der Waals surface area contributed by atoms with Crippen LogP contribution in [-0.4, -0.2) is 29.2 Å². The van der Waals surface area contributed by atoms with E-state index in [1.807, 2.05) is 36.4 Å². The van der Waals surface area contributed by atoms with Gasteiger partial charge in [0, 0.05) is 5.75 Å². The van der Waals surface area contributed by atoms with Gasteiger partial charge in [-0.3, -0.25) is 9.36 Å². The summed E-state index contributed by atoms with van der Waals surface area (Å²) in [5.41, 5.74) is 3.97. The summed E-state index contributed by atoms with van der Waals surface area (Å²) < 4.78 is 12.7. The predicted octanol–water partition coefficient (Wildman–Crippen LogP) is 5.36. The number of thioether (sulfide) groups is 1.